The fourth-order valence-corrected chi connectivity index (χ4v) is 6.20. The van der Waals surface area contributed by atoms with E-state index in [4.69, 9.17) is 5.26 Å². The summed E-state index contributed by atoms with van der Waals surface area (Å²) >= 11 is 1.30. The van der Waals surface area contributed by atoms with Gasteiger partial charge in [0.15, 0.2) is 10.8 Å². The molecule has 0 unspecified atom stereocenters. The molecule has 1 saturated heterocycles. The van der Waals surface area contributed by atoms with Gasteiger partial charge in [-0.25, -0.2) is 9.37 Å². The molecule has 2 aromatic heterocycles. The van der Waals surface area contributed by atoms with E-state index in [-0.39, 0.29) is 35.6 Å². The van der Waals surface area contributed by atoms with E-state index in [9.17, 15) is 22.8 Å². The molecule has 43 heavy (non-hydrogen) atoms. The van der Waals surface area contributed by atoms with E-state index in [1.54, 1.807) is 5.38 Å². The monoisotopic (exact) mass is 615 g/mol. The first-order chi connectivity index (χ1) is 20.3. The Kier molecular flexibility index (Phi) is 8.31. The van der Waals surface area contributed by atoms with E-state index in [0.717, 1.165) is 6.20 Å². The topological polar surface area (TPSA) is 108 Å². The third-order valence-electron chi connectivity index (χ3n) is 7.88. The fourth-order valence-electron chi connectivity index (χ4n) is 5.42. The van der Waals surface area contributed by atoms with Gasteiger partial charge in [-0.15, -0.1) is 11.3 Å². The third kappa shape index (κ3) is 6.28. The fraction of sp³-hybridized carbons (Fsp3) is 0.379. The van der Waals surface area contributed by atoms with Crippen molar-refractivity contribution in [3.63, 3.8) is 0 Å². The Morgan fingerprint density at radius 1 is 1.19 bits per heavy atom. The van der Waals surface area contributed by atoms with Gasteiger partial charge < -0.3 is 20.1 Å². The predicted molar refractivity (Wildman–Crippen MR) is 157 cm³/mol. The Bertz CT molecular complexity index is 1660. The van der Waals surface area contributed by atoms with Crippen LogP contribution in [0.5, 0.6) is 0 Å². The molecule has 1 fully saturated rings. The molecule has 14 heteroatoms. The molecular formula is C29H29F4N7O2S. The van der Waals surface area contributed by atoms with Gasteiger partial charge in [-0.3, -0.25) is 14.5 Å². The smallest absolute Gasteiger partial charge is 0.367 e. The number of carbonyl (C=O) groups is 1. The van der Waals surface area contributed by atoms with Crippen molar-refractivity contribution in [3.05, 3.63) is 74.4 Å². The van der Waals surface area contributed by atoms with Crippen LogP contribution in [0.25, 0.3) is 5.57 Å². The van der Waals surface area contributed by atoms with Crippen LogP contribution in [0.3, 0.4) is 0 Å². The molecule has 0 radical (unpaired) electrons. The molecule has 5 rings (SSSR count). The van der Waals surface area contributed by atoms with Crippen LogP contribution in [0.4, 0.5) is 34.1 Å². The number of H-pyrrole nitrogens is 1. The van der Waals surface area contributed by atoms with Crippen molar-refractivity contribution in [1.29, 1.82) is 5.26 Å². The summed E-state index contributed by atoms with van der Waals surface area (Å²) in [5, 5.41) is 14.0. The number of pyridine rings is 1. The maximum absolute atomic E-state index is 15.9. The van der Waals surface area contributed by atoms with Gasteiger partial charge in [-0.1, -0.05) is 6.08 Å². The number of hydrogen-bond acceptors (Lipinski definition) is 8. The molecule has 0 aliphatic carbocycles. The maximum Gasteiger partial charge on any atom is 0.417 e. The summed E-state index contributed by atoms with van der Waals surface area (Å²) < 4.78 is 57.2. The molecule has 4 heterocycles. The summed E-state index contributed by atoms with van der Waals surface area (Å²) in [6.45, 7) is 5.91. The number of nitriles is 1. The summed E-state index contributed by atoms with van der Waals surface area (Å²) in [5.41, 5.74) is -1.56. The van der Waals surface area contributed by atoms with Crippen molar-refractivity contribution < 1.29 is 22.4 Å². The predicted octanol–water partition coefficient (Wildman–Crippen LogP) is 4.94. The summed E-state index contributed by atoms with van der Waals surface area (Å²) in [4.78, 5) is 37.4. The van der Waals surface area contributed by atoms with Crippen molar-refractivity contribution >= 4 is 39.3 Å². The lowest BCUT2D eigenvalue weighted by Gasteiger charge is -2.44. The number of nitrogens with one attached hydrogen (secondary N) is 2. The first kappa shape index (κ1) is 30.2. The number of amides is 1. The minimum absolute atomic E-state index is 0.0808. The molecule has 2 N–H and O–H groups in total. The van der Waals surface area contributed by atoms with E-state index < -0.39 is 34.6 Å². The van der Waals surface area contributed by atoms with E-state index in [1.807, 2.05) is 42.8 Å². The van der Waals surface area contributed by atoms with Gasteiger partial charge >= 0.3 is 6.18 Å². The van der Waals surface area contributed by atoms with Crippen molar-refractivity contribution in [3.8, 4) is 6.07 Å². The van der Waals surface area contributed by atoms with E-state index in [0.29, 0.717) is 48.5 Å². The van der Waals surface area contributed by atoms with Crippen LogP contribution in [0.1, 0.15) is 47.4 Å². The average Bonchev–Trinajstić information content (AvgIpc) is 3.45. The second kappa shape index (κ2) is 11.8. The average molecular weight is 616 g/mol. The Labute approximate surface area is 249 Å². The van der Waals surface area contributed by atoms with Crippen molar-refractivity contribution in [1.82, 2.24) is 14.9 Å². The minimum atomic E-state index is -4.95. The molecule has 9 nitrogen and oxygen atoms in total. The minimum Gasteiger partial charge on any atom is -0.367 e. The number of piperazine rings is 1. The van der Waals surface area contributed by atoms with Crippen LogP contribution in [0.2, 0.25) is 0 Å². The van der Waals surface area contributed by atoms with Crippen molar-refractivity contribution in [2.24, 2.45) is 0 Å². The van der Waals surface area contributed by atoms with Crippen LogP contribution in [-0.4, -0.2) is 66.1 Å². The van der Waals surface area contributed by atoms with Gasteiger partial charge in [0, 0.05) is 61.5 Å². The second-order valence-corrected chi connectivity index (χ2v) is 11.6. The van der Waals surface area contributed by atoms with E-state index >= 15 is 4.39 Å². The largest absolute Gasteiger partial charge is 0.417 e. The number of thiazole rings is 1. The van der Waals surface area contributed by atoms with E-state index in [2.05, 4.69) is 20.2 Å². The van der Waals surface area contributed by atoms with Crippen LogP contribution in [0.15, 0.2) is 40.6 Å². The lowest BCUT2D eigenvalue weighted by atomic mass is 9.98. The van der Waals surface area contributed by atoms with Gasteiger partial charge in [0.1, 0.15) is 11.9 Å². The third-order valence-corrected chi connectivity index (χ3v) is 8.78. The van der Waals surface area contributed by atoms with Gasteiger partial charge in [-0.2, -0.15) is 18.4 Å². The lowest BCUT2D eigenvalue weighted by molar-refractivity contribution is -0.138. The van der Waals surface area contributed by atoms with Gasteiger partial charge in [0.2, 0.25) is 5.56 Å². The number of carbonyl (C=O) groups excluding carboxylic acids is 1. The number of aromatic nitrogens is 2. The van der Waals surface area contributed by atoms with Crippen LogP contribution >= 0.6 is 11.3 Å². The number of nitrogens with zero attached hydrogens (tertiary/aromatic N) is 5. The first-order valence-corrected chi connectivity index (χ1v) is 14.4. The SMILES string of the molecule is C[C@@H]1CN(c2cc(F)c(C3=CCCN(c4nc(C#N)cs4)C3)cc2NC(=O)c2c[nH]c(=O)cc2C(F)(F)F)C[C@H](C)N1C. The maximum atomic E-state index is 15.9. The summed E-state index contributed by atoms with van der Waals surface area (Å²) in [6.07, 6.45) is -1.77. The first-order valence-electron chi connectivity index (χ1n) is 13.6. The number of aromatic amines is 1. The zero-order chi connectivity index (χ0) is 31.1. The molecule has 1 aromatic carbocycles. The van der Waals surface area contributed by atoms with Crippen LogP contribution < -0.4 is 20.7 Å². The Hall–Kier alpha value is -4.22. The van der Waals surface area contributed by atoms with Gasteiger partial charge in [0.05, 0.1) is 22.5 Å². The summed E-state index contributed by atoms with van der Waals surface area (Å²) in [5.74, 6) is -1.64. The summed E-state index contributed by atoms with van der Waals surface area (Å²) in [6, 6.07) is 5.26. The molecule has 3 aromatic rings. The Balaban J connectivity index is 1.55. The molecule has 1 amide bonds. The number of likely N-dealkylation sites (N-methyl/N-ethyl adjacent to an activating group) is 1. The lowest BCUT2D eigenvalue weighted by Crippen LogP contribution is -2.55. The molecular weight excluding hydrogens is 586 g/mol. The molecule has 226 valence electrons. The van der Waals surface area contributed by atoms with Crippen molar-refractivity contribution in [2.45, 2.75) is 38.5 Å². The number of anilines is 3. The second-order valence-electron chi connectivity index (χ2n) is 10.8. The number of hydrogen-bond donors (Lipinski definition) is 2. The molecule has 0 bridgehead atoms. The zero-order valence-electron chi connectivity index (χ0n) is 23.6. The molecule has 2 aliphatic heterocycles. The molecule has 2 atom stereocenters. The molecule has 0 saturated carbocycles. The number of rotatable bonds is 5. The zero-order valence-corrected chi connectivity index (χ0v) is 24.4. The quantitative estimate of drug-likeness (QED) is 0.392. The standard InChI is InChI=1S/C29H29F4N7O2S/c1-16-12-40(13-17(2)38(16)3)25-9-23(30)20(18-5-4-6-39(14-18)28-36-19(10-34)15-43-28)7-24(25)37-27(42)21-11-35-26(41)8-22(21)29(31,32)33/h5,7-9,11,15-17H,4,6,12-14H2,1-3H3,(H,35,41)(H,37,42)/t16-,17+. The highest BCUT2D eigenvalue weighted by atomic mass is 32.1. The van der Waals surface area contributed by atoms with Crippen molar-refractivity contribution in [2.75, 3.05) is 48.3 Å². The molecule has 0 spiro atoms. The summed E-state index contributed by atoms with van der Waals surface area (Å²) in [7, 11) is 1.98. The molecule has 2 aliphatic rings. The number of halogens is 4. The van der Waals surface area contributed by atoms with Crippen LogP contribution in [0, 0.1) is 17.1 Å². The highest BCUT2D eigenvalue weighted by molar-refractivity contribution is 7.13. The normalized spacial score (nSPS) is 19.6. The highest BCUT2D eigenvalue weighted by Crippen LogP contribution is 2.37. The van der Waals surface area contributed by atoms with Gasteiger partial charge in [-0.05, 0) is 45.0 Å². The number of benzene rings is 1. The van der Waals surface area contributed by atoms with Crippen LogP contribution in [-0.2, 0) is 6.18 Å². The highest BCUT2D eigenvalue weighted by Gasteiger charge is 2.36. The van der Waals surface area contributed by atoms with Gasteiger partial charge in [0.25, 0.3) is 5.91 Å². The number of alkyl halides is 3. The van der Waals surface area contributed by atoms with E-state index in [1.165, 1.54) is 23.5 Å². The Morgan fingerprint density at radius 2 is 1.91 bits per heavy atom. The Morgan fingerprint density at radius 3 is 2.56 bits per heavy atom.